The Hall–Kier alpha value is -2.71. The fourth-order valence-corrected chi connectivity index (χ4v) is 6.70. The van der Waals surface area contributed by atoms with Gasteiger partial charge in [0, 0.05) is 21.2 Å². The molecule has 3 aromatic rings. The Balaban J connectivity index is 1.73. The molecule has 0 spiro atoms. The largest absolute Gasteiger partial charge is 0.480 e. The maximum absolute atomic E-state index is 12.9. The van der Waals surface area contributed by atoms with E-state index in [2.05, 4.69) is 18.6 Å². The molecule has 1 heterocycles. The normalized spacial score (nSPS) is 15.1. The van der Waals surface area contributed by atoms with Crippen molar-refractivity contribution in [2.45, 2.75) is 61.3 Å². The van der Waals surface area contributed by atoms with Crippen molar-refractivity contribution >= 4 is 33.4 Å². The lowest BCUT2D eigenvalue weighted by Crippen LogP contribution is -2.25. The van der Waals surface area contributed by atoms with Crippen LogP contribution >= 0.6 is 11.8 Å². The smallest absolute Gasteiger partial charge is 0.323 e. The fourth-order valence-electron chi connectivity index (χ4n) is 4.34. The van der Waals surface area contributed by atoms with Gasteiger partial charge in [0.25, 0.3) is 10.0 Å². The molecule has 33 heavy (non-hydrogen) atoms. The monoisotopic (exact) mass is 484 g/mol. The van der Waals surface area contributed by atoms with Crippen molar-refractivity contribution in [1.82, 2.24) is 4.57 Å². The maximum Gasteiger partial charge on any atom is 0.323 e. The Kier molecular flexibility index (Phi) is 6.33. The van der Waals surface area contributed by atoms with E-state index in [1.54, 1.807) is 42.5 Å². The van der Waals surface area contributed by atoms with Gasteiger partial charge in [0.05, 0.1) is 10.6 Å². The van der Waals surface area contributed by atoms with Gasteiger partial charge >= 0.3 is 5.97 Å². The summed E-state index contributed by atoms with van der Waals surface area (Å²) in [5.74, 6) is -0.869. The van der Waals surface area contributed by atoms with Crippen LogP contribution in [0.5, 0.6) is 0 Å². The summed E-state index contributed by atoms with van der Waals surface area (Å²) in [6.07, 6.45) is 2.71. The van der Waals surface area contributed by atoms with Gasteiger partial charge in [0.2, 0.25) is 0 Å². The third kappa shape index (κ3) is 4.96. The molecule has 4 rings (SSSR count). The quantitative estimate of drug-likeness (QED) is 0.472. The van der Waals surface area contributed by atoms with E-state index in [9.17, 15) is 18.3 Å². The summed E-state index contributed by atoms with van der Waals surface area (Å²) in [6.45, 7) is 6.30. The zero-order valence-corrected chi connectivity index (χ0v) is 20.6. The van der Waals surface area contributed by atoms with Gasteiger partial charge in [-0.1, -0.05) is 55.9 Å². The highest BCUT2D eigenvalue weighted by molar-refractivity contribution is 7.99. The van der Waals surface area contributed by atoms with E-state index in [0.29, 0.717) is 5.69 Å². The van der Waals surface area contributed by atoms with Crippen LogP contribution in [0.4, 0.5) is 5.69 Å². The molecule has 1 aromatic heterocycles. The SMILES string of the molecule is Cc1c(Sc2ccccc2NS(=O)(=O)c2ccccc2)c2c(n1CC(=O)O)CC(C)(C)CC2. The minimum Gasteiger partial charge on any atom is -0.480 e. The number of sulfonamides is 1. The summed E-state index contributed by atoms with van der Waals surface area (Å²) < 4.78 is 30.5. The van der Waals surface area contributed by atoms with Gasteiger partial charge < -0.3 is 9.67 Å². The number of carbonyl (C=O) groups is 1. The van der Waals surface area contributed by atoms with Crippen LogP contribution in [0.15, 0.2) is 69.3 Å². The average molecular weight is 485 g/mol. The minimum absolute atomic E-state index is 0.0763. The number of hydrogen-bond donors (Lipinski definition) is 2. The molecule has 0 radical (unpaired) electrons. The predicted molar refractivity (Wildman–Crippen MR) is 130 cm³/mol. The van der Waals surface area contributed by atoms with Crippen molar-refractivity contribution < 1.29 is 18.3 Å². The summed E-state index contributed by atoms with van der Waals surface area (Å²) >= 11 is 1.50. The van der Waals surface area contributed by atoms with Crippen LogP contribution in [0.25, 0.3) is 0 Å². The van der Waals surface area contributed by atoms with Crippen molar-refractivity contribution in [3.05, 3.63) is 71.5 Å². The first-order chi connectivity index (χ1) is 15.6. The zero-order chi connectivity index (χ0) is 23.8. The molecule has 0 atom stereocenters. The summed E-state index contributed by atoms with van der Waals surface area (Å²) in [7, 11) is -3.73. The van der Waals surface area contributed by atoms with E-state index in [-0.39, 0.29) is 16.9 Å². The number of benzene rings is 2. The Labute approximate surface area is 199 Å². The van der Waals surface area contributed by atoms with Crippen LogP contribution in [-0.2, 0) is 34.2 Å². The molecule has 0 fully saturated rings. The molecular weight excluding hydrogens is 456 g/mol. The van der Waals surface area contributed by atoms with Crippen LogP contribution in [0.3, 0.4) is 0 Å². The van der Waals surface area contributed by atoms with Crippen LogP contribution in [0.1, 0.15) is 37.2 Å². The number of nitrogens with one attached hydrogen (secondary N) is 1. The topological polar surface area (TPSA) is 88.4 Å². The van der Waals surface area contributed by atoms with E-state index in [4.69, 9.17) is 0 Å². The Morgan fingerprint density at radius 2 is 1.79 bits per heavy atom. The molecule has 1 aliphatic rings. The Morgan fingerprint density at radius 1 is 1.12 bits per heavy atom. The number of carboxylic acids is 1. The van der Waals surface area contributed by atoms with Gasteiger partial charge in [0.15, 0.2) is 0 Å². The van der Waals surface area contributed by atoms with Gasteiger partial charge in [-0.15, -0.1) is 0 Å². The molecule has 8 heteroatoms. The molecule has 0 aliphatic heterocycles. The number of para-hydroxylation sites is 1. The molecule has 2 aromatic carbocycles. The number of aliphatic carboxylic acids is 1. The van der Waals surface area contributed by atoms with E-state index in [1.165, 1.54) is 17.3 Å². The van der Waals surface area contributed by atoms with E-state index < -0.39 is 16.0 Å². The molecule has 0 unspecified atom stereocenters. The maximum atomic E-state index is 12.9. The minimum atomic E-state index is -3.73. The highest BCUT2D eigenvalue weighted by Gasteiger charge is 2.32. The first kappa shape index (κ1) is 23.4. The first-order valence-corrected chi connectivity index (χ1v) is 13.1. The molecule has 0 amide bonds. The van der Waals surface area contributed by atoms with Crippen molar-refractivity contribution in [3.8, 4) is 0 Å². The third-order valence-electron chi connectivity index (χ3n) is 6.07. The lowest BCUT2D eigenvalue weighted by atomic mass is 9.77. The van der Waals surface area contributed by atoms with Crippen LogP contribution < -0.4 is 4.72 Å². The Morgan fingerprint density at radius 3 is 2.48 bits per heavy atom. The van der Waals surface area contributed by atoms with Crippen molar-refractivity contribution in [2.24, 2.45) is 5.41 Å². The van der Waals surface area contributed by atoms with Crippen molar-refractivity contribution in [1.29, 1.82) is 0 Å². The zero-order valence-electron chi connectivity index (χ0n) is 19.0. The highest BCUT2D eigenvalue weighted by Crippen LogP contribution is 2.45. The van der Waals surface area contributed by atoms with Crippen LogP contribution in [-0.4, -0.2) is 24.1 Å². The average Bonchev–Trinajstić information content (AvgIpc) is 2.99. The van der Waals surface area contributed by atoms with Crippen molar-refractivity contribution in [2.75, 3.05) is 4.72 Å². The summed E-state index contributed by atoms with van der Waals surface area (Å²) in [5.41, 5.74) is 3.78. The second kappa shape index (κ2) is 8.91. The molecule has 0 saturated carbocycles. The van der Waals surface area contributed by atoms with Crippen LogP contribution in [0, 0.1) is 12.3 Å². The second-order valence-corrected chi connectivity index (χ2v) is 11.9. The highest BCUT2D eigenvalue weighted by atomic mass is 32.2. The van der Waals surface area contributed by atoms with E-state index in [1.807, 2.05) is 23.6 Å². The number of nitrogens with zero attached hydrogens (tertiary/aromatic N) is 1. The number of aromatic nitrogens is 1. The van der Waals surface area contributed by atoms with Gasteiger partial charge in [-0.05, 0) is 61.4 Å². The Bertz CT molecular complexity index is 1300. The number of rotatable bonds is 7. The second-order valence-electron chi connectivity index (χ2n) is 9.18. The van der Waals surface area contributed by atoms with Crippen LogP contribution in [0.2, 0.25) is 0 Å². The molecule has 0 bridgehead atoms. The number of anilines is 1. The summed E-state index contributed by atoms with van der Waals surface area (Å²) in [5, 5.41) is 9.50. The summed E-state index contributed by atoms with van der Waals surface area (Å²) in [6, 6.07) is 15.6. The van der Waals surface area contributed by atoms with Gasteiger partial charge in [-0.2, -0.15) is 0 Å². The lowest BCUT2D eigenvalue weighted by molar-refractivity contribution is -0.137. The molecular formula is C25H28N2O4S2. The summed E-state index contributed by atoms with van der Waals surface area (Å²) in [4.78, 5) is 13.6. The van der Waals surface area contributed by atoms with E-state index in [0.717, 1.165) is 40.4 Å². The van der Waals surface area contributed by atoms with Gasteiger partial charge in [-0.25, -0.2) is 8.42 Å². The molecule has 2 N–H and O–H groups in total. The van der Waals surface area contributed by atoms with E-state index >= 15 is 0 Å². The third-order valence-corrected chi connectivity index (χ3v) is 8.77. The molecule has 1 aliphatic carbocycles. The fraction of sp³-hybridized carbons (Fsp3) is 0.320. The predicted octanol–water partition coefficient (Wildman–Crippen LogP) is 5.35. The van der Waals surface area contributed by atoms with Crippen molar-refractivity contribution in [3.63, 3.8) is 0 Å². The van der Waals surface area contributed by atoms with Gasteiger partial charge in [0.1, 0.15) is 6.54 Å². The number of fused-ring (bicyclic) bond motifs is 1. The molecule has 0 saturated heterocycles. The lowest BCUT2D eigenvalue weighted by Gasteiger charge is -2.31. The standard InChI is InChI=1S/C25H28N2O4S2/c1-17-24(19-13-14-25(2,3)15-21(19)27(17)16-23(28)29)32-22-12-8-7-11-20(22)26-33(30,31)18-9-5-4-6-10-18/h4-12,26H,13-16H2,1-3H3,(H,28,29). The number of hydrogen-bond acceptors (Lipinski definition) is 4. The van der Waals surface area contributed by atoms with Gasteiger partial charge in [-0.3, -0.25) is 9.52 Å². The molecule has 174 valence electrons. The first-order valence-electron chi connectivity index (χ1n) is 10.8. The number of carboxylic acid groups (broad SMARTS) is 1. The molecule has 6 nitrogen and oxygen atoms in total.